The molecule has 33 heavy (non-hydrogen) atoms. The van der Waals surface area contributed by atoms with Gasteiger partial charge in [-0.3, -0.25) is 9.69 Å². The molecule has 3 aliphatic rings. The minimum atomic E-state index is 0.106. The normalized spacial score (nSPS) is 25.1. The molecule has 8 heteroatoms. The van der Waals surface area contributed by atoms with Crippen molar-refractivity contribution in [3.8, 4) is 0 Å². The molecule has 3 heterocycles. The van der Waals surface area contributed by atoms with Gasteiger partial charge in [0.05, 0.1) is 0 Å². The van der Waals surface area contributed by atoms with Gasteiger partial charge in [-0.15, -0.1) is 0 Å². The Morgan fingerprint density at radius 3 is 2.55 bits per heavy atom. The van der Waals surface area contributed by atoms with Crippen LogP contribution in [0.3, 0.4) is 0 Å². The highest BCUT2D eigenvalue weighted by Gasteiger charge is 2.38. The number of amides is 1. The molecular formula is C25H43N7O. The van der Waals surface area contributed by atoms with Gasteiger partial charge >= 0.3 is 0 Å². The van der Waals surface area contributed by atoms with Gasteiger partial charge in [-0.1, -0.05) is 32.1 Å². The van der Waals surface area contributed by atoms with E-state index < -0.39 is 0 Å². The van der Waals surface area contributed by atoms with Crippen LogP contribution in [0.25, 0.3) is 0 Å². The predicted octanol–water partition coefficient (Wildman–Crippen LogP) is 2.90. The summed E-state index contributed by atoms with van der Waals surface area (Å²) >= 11 is 0. The highest BCUT2D eigenvalue weighted by atomic mass is 16.1. The third-order valence-electron chi connectivity index (χ3n) is 7.63. The van der Waals surface area contributed by atoms with E-state index in [2.05, 4.69) is 25.4 Å². The zero-order valence-electron chi connectivity index (χ0n) is 20.2. The number of carbonyl (C=O) groups is 1. The summed E-state index contributed by atoms with van der Waals surface area (Å²) in [6, 6.07) is 3.16. The minimum absolute atomic E-state index is 0.106. The van der Waals surface area contributed by atoms with Crippen molar-refractivity contribution in [1.29, 1.82) is 0 Å². The van der Waals surface area contributed by atoms with Crippen LogP contribution in [0.5, 0.6) is 0 Å². The van der Waals surface area contributed by atoms with E-state index in [0.717, 1.165) is 38.3 Å². The fraction of sp³-hybridized carbons (Fsp3) is 0.800. The molecule has 1 saturated carbocycles. The van der Waals surface area contributed by atoms with Crippen LogP contribution in [0.4, 0.5) is 11.8 Å². The van der Waals surface area contributed by atoms with E-state index >= 15 is 0 Å². The predicted molar refractivity (Wildman–Crippen MR) is 133 cm³/mol. The molecule has 3 fully saturated rings. The number of anilines is 2. The van der Waals surface area contributed by atoms with Crippen molar-refractivity contribution < 1.29 is 4.79 Å². The van der Waals surface area contributed by atoms with E-state index in [1.807, 2.05) is 12.3 Å². The molecule has 0 unspecified atom stereocenters. The SMILES string of the molecule is NCCCC(=O)NC[C@@H]1[C@@H](Nc2nccc(N3CCCCCC3)n2)CCN1C1CCCCC1. The minimum Gasteiger partial charge on any atom is -0.356 e. The third kappa shape index (κ3) is 6.79. The molecule has 0 bridgehead atoms. The highest BCUT2D eigenvalue weighted by Crippen LogP contribution is 2.30. The van der Waals surface area contributed by atoms with Gasteiger partial charge in [0.15, 0.2) is 0 Å². The first-order chi connectivity index (χ1) is 16.2. The van der Waals surface area contributed by atoms with Crippen LogP contribution in [0.2, 0.25) is 0 Å². The monoisotopic (exact) mass is 457 g/mol. The number of likely N-dealkylation sites (tertiary alicyclic amines) is 1. The molecule has 1 aromatic heterocycles. The van der Waals surface area contributed by atoms with Crippen molar-refractivity contribution in [2.45, 2.75) is 95.2 Å². The average Bonchev–Trinajstić information content (AvgIpc) is 3.05. The number of hydrogen-bond donors (Lipinski definition) is 3. The fourth-order valence-electron chi connectivity index (χ4n) is 5.80. The van der Waals surface area contributed by atoms with Gasteiger partial charge in [0.2, 0.25) is 11.9 Å². The van der Waals surface area contributed by atoms with Crippen LogP contribution in [0.15, 0.2) is 12.3 Å². The van der Waals surface area contributed by atoms with Gasteiger partial charge < -0.3 is 21.3 Å². The van der Waals surface area contributed by atoms with E-state index in [4.69, 9.17) is 10.7 Å². The quantitative estimate of drug-likeness (QED) is 0.524. The first-order valence-corrected chi connectivity index (χ1v) is 13.3. The molecule has 4 rings (SSSR count). The van der Waals surface area contributed by atoms with Crippen molar-refractivity contribution >= 4 is 17.7 Å². The summed E-state index contributed by atoms with van der Waals surface area (Å²) in [5.41, 5.74) is 5.58. The number of hydrogen-bond acceptors (Lipinski definition) is 7. The molecule has 1 amide bonds. The smallest absolute Gasteiger partial charge is 0.224 e. The summed E-state index contributed by atoms with van der Waals surface area (Å²) in [6.07, 6.45) is 15.8. The fourth-order valence-corrected chi connectivity index (χ4v) is 5.80. The maximum atomic E-state index is 12.3. The second kappa shape index (κ2) is 12.5. The third-order valence-corrected chi connectivity index (χ3v) is 7.63. The van der Waals surface area contributed by atoms with Crippen molar-refractivity contribution in [1.82, 2.24) is 20.2 Å². The van der Waals surface area contributed by atoms with Gasteiger partial charge in [0.25, 0.3) is 0 Å². The van der Waals surface area contributed by atoms with Crippen molar-refractivity contribution in [3.05, 3.63) is 12.3 Å². The molecule has 0 radical (unpaired) electrons. The number of nitrogens with two attached hydrogens (primary N) is 1. The summed E-state index contributed by atoms with van der Waals surface area (Å²) in [5, 5.41) is 6.85. The molecule has 1 aliphatic carbocycles. The van der Waals surface area contributed by atoms with E-state index in [9.17, 15) is 4.79 Å². The molecule has 2 atom stereocenters. The summed E-state index contributed by atoms with van der Waals surface area (Å²) in [5.74, 6) is 1.85. The maximum absolute atomic E-state index is 12.3. The van der Waals surface area contributed by atoms with Gasteiger partial charge in [-0.05, 0) is 51.1 Å². The van der Waals surface area contributed by atoms with Crippen LogP contribution in [0, 0.1) is 0 Å². The summed E-state index contributed by atoms with van der Waals surface area (Å²) in [6.45, 7) is 4.44. The average molecular weight is 458 g/mol. The highest BCUT2D eigenvalue weighted by molar-refractivity contribution is 5.75. The second-order valence-corrected chi connectivity index (χ2v) is 9.97. The number of aromatic nitrogens is 2. The molecule has 4 N–H and O–H groups in total. The number of nitrogens with one attached hydrogen (secondary N) is 2. The molecule has 2 aliphatic heterocycles. The van der Waals surface area contributed by atoms with E-state index in [-0.39, 0.29) is 18.0 Å². The lowest BCUT2D eigenvalue weighted by molar-refractivity contribution is -0.121. The lowest BCUT2D eigenvalue weighted by Gasteiger charge is -2.37. The molecule has 8 nitrogen and oxygen atoms in total. The number of nitrogens with zero attached hydrogens (tertiary/aromatic N) is 4. The van der Waals surface area contributed by atoms with Crippen LogP contribution >= 0.6 is 0 Å². The Morgan fingerprint density at radius 1 is 1.03 bits per heavy atom. The first-order valence-electron chi connectivity index (χ1n) is 13.3. The maximum Gasteiger partial charge on any atom is 0.224 e. The zero-order valence-corrected chi connectivity index (χ0v) is 20.2. The molecule has 0 spiro atoms. The Hall–Kier alpha value is -1.93. The topological polar surface area (TPSA) is 99.4 Å². The second-order valence-electron chi connectivity index (χ2n) is 9.97. The zero-order chi connectivity index (χ0) is 22.9. The van der Waals surface area contributed by atoms with Crippen LogP contribution in [-0.4, -0.2) is 71.6 Å². The van der Waals surface area contributed by atoms with Gasteiger partial charge in [-0.2, -0.15) is 4.98 Å². The Kier molecular flexibility index (Phi) is 9.17. The summed E-state index contributed by atoms with van der Waals surface area (Å²) in [7, 11) is 0. The van der Waals surface area contributed by atoms with E-state index in [1.54, 1.807) is 0 Å². The first kappa shape index (κ1) is 24.2. The lowest BCUT2D eigenvalue weighted by atomic mass is 9.93. The lowest BCUT2D eigenvalue weighted by Crippen LogP contribution is -2.51. The molecule has 2 saturated heterocycles. The molecule has 0 aromatic carbocycles. The molecule has 1 aromatic rings. The standard InChI is InChI=1S/C25H43N7O/c26-14-8-11-24(33)28-19-22-21(13-18-32(22)20-9-4-3-5-10-20)29-25-27-15-12-23(30-25)31-16-6-1-2-7-17-31/h12,15,20-22H,1-11,13-14,16-19,26H2,(H,28,33)(H,27,29,30)/t21-,22+/m0/s1. The Bertz CT molecular complexity index is 731. The van der Waals surface area contributed by atoms with Gasteiger partial charge in [0.1, 0.15) is 5.82 Å². The largest absolute Gasteiger partial charge is 0.356 e. The number of rotatable bonds is 9. The van der Waals surface area contributed by atoms with Crippen molar-refractivity contribution in [2.24, 2.45) is 5.73 Å². The summed E-state index contributed by atoms with van der Waals surface area (Å²) in [4.78, 5) is 26.8. The van der Waals surface area contributed by atoms with Crippen LogP contribution in [-0.2, 0) is 4.79 Å². The van der Waals surface area contributed by atoms with E-state index in [0.29, 0.717) is 31.5 Å². The van der Waals surface area contributed by atoms with Crippen LogP contribution in [0.1, 0.15) is 77.0 Å². The van der Waals surface area contributed by atoms with Gasteiger partial charge in [0, 0.05) is 56.9 Å². The Balaban J connectivity index is 1.43. The molecular weight excluding hydrogens is 414 g/mol. The van der Waals surface area contributed by atoms with Gasteiger partial charge in [-0.25, -0.2) is 4.98 Å². The van der Waals surface area contributed by atoms with Crippen LogP contribution < -0.4 is 21.3 Å². The molecule has 184 valence electrons. The van der Waals surface area contributed by atoms with Crippen molar-refractivity contribution in [2.75, 3.05) is 42.9 Å². The van der Waals surface area contributed by atoms with E-state index in [1.165, 1.54) is 57.8 Å². The number of carbonyl (C=O) groups excluding carboxylic acids is 1. The Morgan fingerprint density at radius 2 is 1.79 bits per heavy atom. The summed E-state index contributed by atoms with van der Waals surface area (Å²) < 4.78 is 0. The van der Waals surface area contributed by atoms with Crippen molar-refractivity contribution in [3.63, 3.8) is 0 Å². The Labute approximate surface area is 199 Å².